The van der Waals surface area contributed by atoms with Gasteiger partial charge in [-0.2, -0.15) is 0 Å². The third kappa shape index (κ3) is 11.7. The Kier molecular flexibility index (Phi) is 16.6. The van der Waals surface area contributed by atoms with Crippen molar-refractivity contribution in [1.82, 2.24) is 0 Å². The number of nitrogens with one attached hydrogen (secondary N) is 1. The summed E-state index contributed by atoms with van der Waals surface area (Å²) in [4.78, 5) is 27.4. The van der Waals surface area contributed by atoms with Crippen LogP contribution in [-0.4, -0.2) is 44.8 Å². The molecule has 0 aromatic heterocycles. The fourth-order valence-electron chi connectivity index (χ4n) is 3.72. The van der Waals surface area contributed by atoms with E-state index in [2.05, 4.69) is 18.8 Å². The van der Waals surface area contributed by atoms with Gasteiger partial charge in [0.25, 0.3) is 5.91 Å². The number of benzene rings is 1. The number of carbonyl (C=O) groups excluding carboxylic acids is 2. The summed E-state index contributed by atoms with van der Waals surface area (Å²) < 4.78 is 11.0. The lowest BCUT2D eigenvalue weighted by atomic mass is 10.1. The van der Waals surface area contributed by atoms with Crippen molar-refractivity contribution in [1.29, 1.82) is 0 Å². The molecule has 0 heterocycles. The standard InChI is InChI=1S/C28H46N2O4/c1-5-9-11-13-14-16-21-33-23-27(31)30(20-7-3)26-22-24(29-19-15-12-10-6-2)17-18-25(26)28(32)34-8-4/h6,17-18,22,29H,2,5,7-16,19-21,23H2,1,3-4H3. The first-order chi connectivity index (χ1) is 16.6. The molecule has 1 rings (SSSR count). The van der Waals surface area contributed by atoms with Crippen molar-refractivity contribution < 1.29 is 19.1 Å². The molecular formula is C28H46N2O4. The zero-order valence-electron chi connectivity index (χ0n) is 21.7. The molecular weight excluding hydrogens is 428 g/mol. The van der Waals surface area contributed by atoms with Gasteiger partial charge in [0.2, 0.25) is 0 Å². The number of ether oxygens (including phenoxy) is 2. The van der Waals surface area contributed by atoms with Crippen molar-refractivity contribution in [2.75, 3.05) is 43.1 Å². The van der Waals surface area contributed by atoms with Gasteiger partial charge in [-0.15, -0.1) is 6.58 Å². The molecule has 34 heavy (non-hydrogen) atoms. The number of amides is 1. The molecule has 0 bridgehead atoms. The van der Waals surface area contributed by atoms with E-state index >= 15 is 0 Å². The van der Waals surface area contributed by atoms with E-state index in [0.717, 1.165) is 50.8 Å². The SMILES string of the molecule is C=CCCCCNc1ccc(C(=O)OCC)c(N(CCC)C(=O)COCCCCCCCC)c1. The van der Waals surface area contributed by atoms with Crippen molar-refractivity contribution in [3.63, 3.8) is 0 Å². The fourth-order valence-corrected chi connectivity index (χ4v) is 3.72. The van der Waals surface area contributed by atoms with Crippen LogP contribution in [0.2, 0.25) is 0 Å². The minimum Gasteiger partial charge on any atom is -0.462 e. The van der Waals surface area contributed by atoms with Crippen LogP contribution in [0.5, 0.6) is 0 Å². The van der Waals surface area contributed by atoms with Crippen LogP contribution in [0.3, 0.4) is 0 Å². The minimum atomic E-state index is -0.420. The molecule has 0 fully saturated rings. The van der Waals surface area contributed by atoms with Crippen LogP contribution in [0.1, 0.15) is 95.3 Å². The number of nitrogens with zero attached hydrogens (tertiary/aromatic N) is 1. The first-order valence-electron chi connectivity index (χ1n) is 13.1. The molecule has 0 radical (unpaired) electrons. The predicted octanol–water partition coefficient (Wildman–Crippen LogP) is 6.75. The molecule has 1 N–H and O–H groups in total. The van der Waals surface area contributed by atoms with Gasteiger partial charge >= 0.3 is 5.97 Å². The van der Waals surface area contributed by atoms with Crippen molar-refractivity contribution in [2.24, 2.45) is 0 Å². The molecule has 0 saturated heterocycles. The number of hydrogen-bond acceptors (Lipinski definition) is 5. The lowest BCUT2D eigenvalue weighted by molar-refractivity contribution is -0.123. The highest BCUT2D eigenvalue weighted by Crippen LogP contribution is 2.27. The lowest BCUT2D eigenvalue weighted by Gasteiger charge is -2.25. The molecule has 0 aliphatic heterocycles. The molecule has 0 spiro atoms. The molecule has 0 aliphatic carbocycles. The molecule has 0 unspecified atom stereocenters. The van der Waals surface area contributed by atoms with Crippen LogP contribution < -0.4 is 10.2 Å². The largest absolute Gasteiger partial charge is 0.462 e. The number of allylic oxidation sites excluding steroid dienone is 1. The van der Waals surface area contributed by atoms with E-state index < -0.39 is 5.97 Å². The van der Waals surface area contributed by atoms with E-state index in [9.17, 15) is 9.59 Å². The number of anilines is 2. The van der Waals surface area contributed by atoms with Crippen LogP contribution in [0.4, 0.5) is 11.4 Å². The van der Waals surface area contributed by atoms with Gasteiger partial charge in [-0.05, 0) is 57.2 Å². The predicted molar refractivity (Wildman–Crippen MR) is 142 cm³/mol. The summed E-state index contributed by atoms with van der Waals surface area (Å²) in [6, 6.07) is 5.49. The van der Waals surface area contributed by atoms with Crippen molar-refractivity contribution >= 4 is 23.3 Å². The number of rotatable bonds is 20. The number of esters is 1. The van der Waals surface area contributed by atoms with Crippen molar-refractivity contribution in [3.05, 3.63) is 36.4 Å². The quantitative estimate of drug-likeness (QED) is 0.129. The Bertz CT molecular complexity index is 720. The Labute approximate surface area is 207 Å². The maximum absolute atomic E-state index is 13.1. The summed E-state index contributed by atoms with van der Waals surface area (Å²) in [5, 5.41) is 3.40. The number of carbonyl (C=O) groups is 2. The Morgan fingerprint density at radius 3 is 2.47 bits per heavy atom. The highest BCUT2D eigenvalue weighted by molar-refractivity contribution is 6.03. The van der Waals surface area contributed by atoms with Crippen molar-refractivity contribution in [2.45, 2.75) is 85.0 Å². The molecule has 6 heteroatoms. The average Bonchev–Trinajstić information content (AvgIpc) is 2.84. The van der Waals surface area contributed by atoms with Gasteiger partial charge in [0.15, 0.2) is 0 Å². The maximum Gasteiger partial charge on any atom is 0.340 e. The van der Waals surface area contributed by atoms with E-state index in [4.69, 9.17) is 9.47 Å². The molecule has 1 aromatic carbocycles. The number of unbranched alkanes of at least 4 members (excludes halogenated alkanes) is 7. The average molecular weight is 475 g/mol. The molecule has 192 valence electrons. The Morgan fingerprint density at radius 1 is 1.00 bits per heavy atom. The van der Waals surface area contributed by atoms with Gasteiger partial charge in [-0.3, -0.25) is 4.79 Å². The van der Waals surface area contributed by atoms with Crippen LogP contribution in [-0.2, 0) is 14.3 Å². The normalized spacial score (nSPS) is 10.7. The topological polar surface area (TPSA) is 67.9 Å². The van der Waals surface area contributed by atoms with E-state index in [1.165, 1.54) is 25.7 Å². The maximum atomic E-state index is 13.1. The van der Waals surface area contributed by atoms with E-state index in [0.29, 0.717) is 24.4 Å². The van der Waals surface area contributed by atoms with Crippen LogP contribution in [0, 0.1) is 0 Å². The van der Waals surface area contributed by atoms with Crippen LogP contribution >= 0.6 is 0 Å². The molecule has 0 atom stereocenters. The third-order valence-electron chi connectivity index (χ3n) is 5.56. The molecule has 1 aromatic rings. The van der Waals surface area contributed by atoms with E-state index in [-0.39, 0.29) is 19.1 Å². The summed E-state index contributed by atoms with van der Waals surface area (Å²) in [5.41, 5.74) is 1.85. The first-order valence-corrected chi connectivity index (χ1v) is 13.1. The fraction of sp³-hybridized carbons (Fsp3) is 0.643. The summed E-state index contributed by atoms with van der Waals surface area (Å²) >= 11 is 0. The molecule has 0 aliphatic rings. The smallest absolute Gasteiger partial charge is 0.340 e. The van der Waals surface area contributed by atoms with Gasteiger partial charge < -0.3 is 19.7 Å². The third-order valence-corrected chi connectivity index (χ3v) is 5.56. The lowest BCUT2D eigenvalue weighted by Crippen LogP contribution is -2.36. The van der Waals surface area contributed by atoms with E-state index in [1.807, 2.05) is 25.1 Å². The minimum absolute atomic E-state index is 0.0104. The second kappa shape index (κ2) is 19.0. The van der Waals surface area contributed by atoms with Crippen molar-refractivity contribution in [3.8, 4) is 0 Å². The van der Waals surface area contributed by atoms with Gasteiger partial charge in [0.05, 0.1) is 17.9 Å². The van der Waals surface area contributed by atoms with Gasteiger partial charge in [-0.1, -0.05) is 52.0 Å². The molecule has 1 amide bonds. The highest BCUT2D eigenvalue weighted by atomic mass is 16.5. The highest BCUT2D eigenvalue weighted by Gasteiger charge is 2.23. The van der Waals surface area contributed by atoms with Crippen LogP contribution in [0.15, 0.2) is 30.9 Å². The van der Waals surface area contributed by atoms with E-state index in [1.54, 1.807) is 17.9 Å². The van der Waals surface area contributed by atoms with Gasteiger partial charge in [-0.25, -0.2) is 4.79 Å². The zero-order valence-corrected chi connectivity index (χ0v) is 21.7. The Balaban J connectivity index is 2.85. The summed E-state index contributed by atoms with van der Waals surface area (Å²) in [6.07, 6.45) is 12.8. The van der Waals surface area contributed by atoms with Crippen LogP contribution in [0.25, 0.3) is 0 Å². The summed E-state index contributed by atoms with van der Waals surface area (Å²) in [6.45, 7) is 12.0. The molecule has 0 saturated carbocycles. The van der Waals surface area contributed by atoms with Gasteiger partial charge in [0, 0.05) is 25.4 Å². The Morgan fingerprint density at radius 2 is 1.76 bits per heavy atom. The summed E-state index contributed by atoms with van der Waals surface area (Å²) in [5.74, 6) is -0.557. The molecule has 6 nitrogen and oxygen atoms in total. The zero-order chi connectivity index (χ0) is 25.0. The first kappa shape index (κ1) is 29.7. The Hall–Kier alpha value is -2.34. The second-order valence-electron chi connectivity index (χ2n) is 8.53. The second-order valence-corrected chi connectivity index (χ2v) is 8.53. The summed E-state index contributed by atoms with van der Waals surface area (Å²) in [7, 11) is 0. The monoisotopic (exact) mass is 474 g/mol. The number of hydrogen-bond donors (Lipinski definition) is 1. The van der Waals surface area contributed by atoms with Gasteiger partial charge in [0.1, 0.15) is 6.61 Å².